The number of carboxylic acid groups (broad SMARTS) is 2. The molecule has 3 aromatic rings. The van der Waals surface area contributed by atoms with Gasteiger partial charge in [0.1, 0.15) is 0 Å². The van der Waals surface area contributed by atoms with E-state index >= 15 is 0 Å². The molecule has 4 heterocycles. The quantitative estimate of drug-likeness (QED) is 0.307. The van der Waals surface area contributed by atoms with Gasteiger partial charge in [-0.05, 0) is 88.0 Å². The molecule has 11 heteroatoms. The highest BCUT2D eigenvalue weighted by Gasteiger charge is 2.41. The van der Waals surface area contributed by atoms with E-state index < -0.39 is 36.1 Å². The van der Waals surface area contributed by atoms with E-state index in [1.807, 2.05) is 18.5 Å². The lowest BCUT2D eigenvalue weighted by Crippen LogP contribution is -2.61. The zero-order valence-electron chi connectivity index (χ0n) is 24.7. The first-order valence-corrected chi connectivity index (χ1v) is 14.4. The Bertz CT molecular complexity index is 1360. The van der Waals surface area contributed by atoms with Crippen molar-refractivity contribution in [3.05, 3.63) is 101 Å². The van der Waals surface area contributed by atoms with Crippen LogP contribution < -0.4 is 5.73 Å². The fourth-order valence-corrected chi connectivity index (χ4v) is 5.45. The number of nitrogens with zero attached hydrogens (tertiary/aromatic N) is 2. The number of hydrogen-bond acceptors (Lipinski definition) is 9. The van der Waals surface area contributed by atoms with Crippen LogP contribution in [0.3, 0.4) is 0 Å². The summed E-state index contributed by atoms with van der Waals surface area (Å²) >= 11 is 0. The van der Waals surface area contributed by atoms with Crippen LogP contribution in [0.4, 0.5) is 0 Å². The average Bonchev–Trinajstić information content (AvgIpc) is 3.02. The van der Waals surface area contributed by atoms with Gasteiger partial charge in [-0.3, -0.25) is 9.88 Å². The Morgan fingerprint density at radius 3 is 1.70 bits per heavy atom. The number of aromatic nitrogens is 1. The normalized spacial score (nSPS) is 21.6. The van der Waals surface area contributed by atoms with Crippen molar-refractivity contribution in [1.29, 1.82) is 0 Å². The second-order valence-electron chi connectivity index (χ2n) is 11.1. The minimum atomic E-state index is -2.22. The second-order valence-corrected chi connectivity index (χ2v) is 11.1. The number of piperidine rings is 3. The fraction of sp³-hybridized carbons (Fsp3) is 0.364. The molecule has 6 rings (SSSR count). The molecule has 4 atom stereocenters. The summed E-state index contributed by atoms with van der Waals surface area (Å²) in [5, 5.41) is 18.6. The number of nitrogens with two attached hydrogens (primary N) is 1. The molecule has 4 N–H and O–H groups in total. The number of fused-ring (bicyclic) bond motifs is 3. The Morgan fingerprint density at radius 2 is 1.32 bits per heavy atom. The van der Waals surface area contributed by atoms with Gasteiger partial charge in [-0.1, -0.05) is 41.5 Å². The highest BCUT2D eigenvalue weighted by Crippen LogP contribution is 2.32. The van der Waals surface area contributed by atoms with Crippen LogP contribution in [0, 0.1) is 19.8 Å². The number of carbonyl (C=O) groups excluding carboxylic acids is 2. The van der Waals surface area contributed by atoms with Crippen LogP contribution in [0.5, 0.6) is 0 Å². The molecule has 0 amide bonds. The molecule has 0 radical (unpaired) electrons. The predicted molar refractivity (Wildman–Crippen MR) is 160 cm³/mol. The van der Waals surface area contributed by atoms with Gasteiger partial charge < -0.3 is 25.4 Å². The van der Waals surface area contributed by atoms with Crippen molar-refractivity contribution in [3.8, 4) is 0 Å². The molecule has 0 unspecified atom stereocenters. The molecule has 3 aliphatic rings. The van der Waals surface area contributed by atoms with Crippen LogP contribution in [0.15, 0.2) is 73.1 Å². The number of rotatable bonds is 9. The highest BCUT2D eigenvalue weighted by atomic mass is 16.6. The predicted octanol–water partition coefficient (Wildman–Crippen LogP) is 3.27. The van der Waals surface area contributed by atoms with Gasteiger partial charge in [0.15, 0.2) is 0 Å². The van der Waals surface area contributed by atoms with Gasteiger partial charge in [0.25, 0.3) is 0 Å². The molecule has 3 fully saturated rings. The third-order valence-electron chi connectivity index (χ3n) is 8.00. The minimum Gasteiger partial charge on any atom is -0.478 e. The smallest absolute Gasteiger partial charge is 0.349 e. The van der Waals surface area contributed by atoms with Crippen LogP contribution in [-0.4, -0.2) is 81.4 Å². The van der Waals surface area contributed by atoms with Crippen LogP contribution >= 0.6 is 0 Å². The zero-order valence-corrected chi connectivity index (χ0v) is 24.7. The lowest BCUT2D eigenvalue weighted by molar-refractivity contribution is -0.166. The largest absolute Gasteiger partial charge is 0.478 e. The van der Waals surface area contributed by atoms with Crippen LogP contribution in [0.25, 0.3) is 0 Å². The van der Waals surface area contributed by atoms with E-state index in [0.29, 0.717) is 12.1 Å². The number of carbonyl (C=O) groups is 4. The van der Waals surface area contributed by atoms with Gasteiger partial charge in [0.05, 0.1) is 11.1 Å². The van der Waals surface area contributed by atoms with Crippen molar-refractivity contribution in [1.82, 2.24) is 9.88 Å². The summed E-state index contributed by atoms with van der Waals surface area (Å²) in [6.07, 6.45) is 3.01. The topological polar surface area (TPSA) is 169 Å². The van der Waals surface area contributed by atoms with E-state index in [1.165, 1.54) is 55.8 Å². The molecule has 11 nitrogen and oxygen atoms in total. The maximum atomic E-state index is 12.2. The molecule has 0 spiro atoms. The number of aliphatic carboxylic acids is 2. The van der Waals surface area contributed by atoms with Crippen molar-refractivity contribution < 1.29 is 38.9 Å². The molecule has 3 aliphatic heterocycles. The highest BCUT2D eigenvalue weighted by molar-refractivity contribution is 5.95. The number of aryl methyl sites for hydroxylation is 2. The molecule has 1 aromatic heterocycles. The van der Waals surface area contributed by atoms with E-state index in [0.717, 1.165) is 23.5 Å². The molecule has 0 saturated carbocycles. The number of ether oxygens (including phenoxy) is 2. The van der Waals surface area contributed by atoms with Gasteiger partial charge in [0.2, 0.25) is 12.2 Å². The van der Waals surface area contributed by atoms with Crippen molar-refractivity contribution in [3.63, 3.8) is 0 Å². The minimum absolute atomic E-state index is 0.0332. The molecule has 3 saturated heterocycles. The first kappa shape index (κ1) is 32.3. The summed E-state index contributed by atoms with van der Waals surface area (Å²) in [6.45, 7) is 6.06. The monoisotopic (exact) mass is 603 g/mol. The van der Waals surface area contributed by atoms with E-state index in [4.69, 9.17) is 15.2 Å². The summed E-state index contributed by atoms with van der Waals surface area (Å²) in [5.74, 6) is -4.86. The van der Waals surface area contributed by atoms with Gasteiger partial charge in [-0.15, -0.1) is 0 Å². The SMILES string of the molecule is Cc1ccc(C(=O)O[C@H](C(=O)O)[C@H](OC(=O)c2ccc(C)cc2)C(=O)O)cc1.N[C@@H]1C2CCN(CC2)[C@H]1Cc1cccnc1. The van der Waals surface area contributed by atoms with E-state index in [2.05, 4.69) is 16.0 Å². The van der Waals surface area contributed by atoms with Crippen LogP contribution in [0.1, 0.15) is 50.2 Å². The molecule has 44 heavy (non-hydrogen) atoms. The Kier molecular flexibility index (Phi) is 10.8. The summed E-state index contributed by atoms with van der Waals surface area (Å²) in [4.78, 5) is 54.1. The first-order chi connectivity index (χ1) is 21.0. The molecular formula is C33H37N3O8. The van der Waals surface area contributed by atoms with Gasteiger partial charge >= 0.3 is 23.9 Å². The fourth-order valence-electron chi connectivity index (χ4n) is 5.45. The third kappa shape index (κ3) is 8.27. The lowest BCUT2D eigenvalue weighted by Gasteiger charge is -2.49. The average molecular weight is 604 g/mol. The Morgan fingerprint density at radius 1 is 0.841 bits per heavy atom. The molecule has 2 bridgehead atoms. The van der Waals surface area contributed by atoms with Crippen molar-refractivity contribution in [2.24, 2.45) is 11.7 Å². The third-order valence-corrected chi connectivity index (χ3v) is 8.00. The maximum absolute atomic E-state index is 12.2. The van der Waals surface area contributed by atoms with Gasteiger partial charge in [-0.25, -0.2) is 19.2 Å². The van der Waals surface area contributed by atoms with Crippen molar-refractivity contribution in [2.75, 3.05) is 13.1 Å². The van der Waals surface area contributed by atoms with Crippen LogP contribution in [-0.2, 0) is 25.5 Å². The number of hydrogen-bond donors (Lipinski definition) is 3. The molecule has 2 aromatic carbocycles. The van der Waals surface area contributed by atoms with E-state index in [9.17, 15) is 29.4 Å². The molecule has 0 aliphatic carbocycles. The molecular weight excluding hydrogens is 566 g/mol. The maximum Gasteiger partial charge on any atom is 0.349 e. The Hall–Kier alpha value is -4.61. The van der Waals surface area contributed by atoms with Gasteiger partial charge in [0, 0.05) is 24.5 Å². The van der Waals surface area contributed by atoms with Gasteiger partial charge in [-0.2, -0.15) is 0 Å². The van der Waals surface area contributed by atoms with Crippen LogP contribution in [0.2, 0.25) is 0 Å². The summed E-state index contributed by atoms with van der Waals surface area (Å²) < 4.78 is 9.64. The van der Waals surface area contributed by atoms with Crippen molar-refractivity contribution in [2.45, 2.75) is 57.4 Å². The molecule has 232 valence electrons. The Balaban J connectivity index is 0.000000231. The number of pyridine rings is 1. The summed E-state index contributed by atoms with van der Waals surface area (Å²) in [7, 11) is 0. The lowest BCUT2D eigenvalue weighted by atomic mass is 9.77. The summed E-state index contributed by atoms with van der Waals surface area (Å²) in [6, 6.07) is 17.1. The van der Waals surface area contributed by atoms with E-state index in [-0.39, 0.29) is 11.1 Å². The summed E-state index contributed by atoms with van der Waals surface area (Å²) in [5.41, 5.74) is 9.46. The zero-order chi connectivity index (χ0) is 31.8. The second kappa shape index (κ2) is 14.7. The number of esters is 2. The first-order valence-electron chi connectivity index (χ1n) is 14.4. The number of benzene rings is 2. The Labute approximate surface area is 255 Å². The van der Waals surface area contributed by atoms with Crippen molar-refractivity contribution >= 4 is 23.9 Å². The van der Waals surface area contributed by atoms with E-state index in [1.54, 1.807) is 38.1 Å². The standard InChI is InChI=1S/C20H18O8.C13H19N3/c1-11-3-7-13(8-4-11)19(25)27-15(17(21)22)16(18(23)24)28-20(26)14-9-5-12(2)6-10-14;14-13-11-3-6-16(7-4-11)12(13)8-10-2-1-5-15-9-10/h3-10,15-16H,1-2H3,(H,21,22)(H,23,24);1-2,5,9,11-13H,3-4,6-8,14H2/t15-,16-;12-,13+/m00/s1. The number of carboxylic acids is 2.